The lowest BCUT2D eigenvalue weighted by Gasteiger charge is -2.16. The molecule has 0 radical (unpaired) electrons. The van der Waals surface area contributed by atoms with Crippen molar-refractivity contribution in [1.29, 1.82) is 0 Å². The van der Waals surface area contributed by atoms with E-state index in [1.807, 2.05) is 0 Å². The van der Waals surface area contributed by atoms with Gasteiger partial charge in [0.25, 0.3) is 5.56 Å². The van der Waals surface area contributed by atoms with Crippen molar-refractivity contribution < 1.29 is 19.0 Å². The molecule has 2 heterocycles. The lowest BCUT2D eigenvalue weighted by molar-refractivity contribution is 0.325. The van der Waals surface area contributed by atoms with Gasteiger partial charge in [-0.05, 0) is 48.9 Å². The number of pyridine rings is 1. The van der Waals surface area contributed by atoms with Gasteiger partial charge in [-0.2, -0.15) is 4.98 Å². The molecule has 0 saturated carbocycles. The first kappa shape index (κ1) is 21.1. The van der Waals surface area contributed by atoms with E-state index in [1.165, 1.54) is 42.5 Å². The number of hydrogen-bond donors (Lipinski definition) is 3. The maximum Gasteiger partial charge on any atom is 0.256 e. The second-order valence-corrected chi connectivity index (χ2v) is 6.99. The summed E-state index contributed by atoms with van der Waals surface area (Å²) in [6, 6.07) is 12.7. The number of aryl methyl sites for hydroxylation is 1. The molecule has 0 bridgehead atoms. The summed E-state index contributed by atoms with van der Waals surface area (Å²) >= 11 is 0. The molecule has 0 amide bonds. The molecule has 0 unspecified atom stereocenters. The maximum absolute atomic E-state index is 14.6. The normalized spacial score (nSPS) is 11.7. The molecule has 0 spiro atoms. The Bertz CT molecular complexity index is 1420. The van der Waals surface area contributed by atoms with E-state index in [9.17, 15) is 23.8 Å². The minimum atomic E-state index is -0.624. The minimum absolute atomic E-state index is 0.00171. The summed E-state index contributed by atoms with van der Waals surface area (Å²) in [5, 5.41) is 21.8. The summed E-state index contributed by atoms with van der Waals surface area (Å²) < 4.78 is 29.4. The first-order chi connectivity index (χ1) is 15.4. The van der Waals surface area contributed by atoms with Crippen LogP contribution in [0.25, 0.3) is 28.0 Å². The van der Waals surface area contributed by atoms with Crippen molar-refractivity contribution in [3.8, 4) is 16.9 Å². The number of hydrogen-bond acceptors (Lipinski definition) is 6. The third-order valence-corrected chi connectivity index (χ3v) is 4.89. The third-order valence-electron chi connectivity index (χ3n) is 4.89. The highest BCUT2D eigenvalue weighted by Gasteiger charge is 2.18. The summed E-state index contributed by atoms with van der Waals surface area (Å²) in [6.07, 6.45) is 0.658. The number of nitrogens with zero attached hydrogens (tertiary/aromatic N) is 3. The van der Waals surface area contributed by atoms with Crippen molar-refractivity contribution in [3.63, 3.8) is 0 Å². The third kappa shape index (κ3) is 3.81. The van der Waals surface area contributed by atoms with Crippen molar-refractivity contribution in [1.82, 2.24) is 14.5 Å². The number of benzene rings is 2. The van der Waals surface area contributed by atoms with Crippen LogP contribution < -0.4 is 10.9 Å². The number of aromatic nitrogens is 3. The molecular formula is C23H18F2N4O3. The van der Waals surface area contributed by atoms with E-state index >= 15 is 0 Å². The monoisotopic (exact) mass is 436 g/mol. The van der Waals surface area contributed by atoms with Crippen LogP contribution in [0.2, 0.25) is 0 Å². The van der Waals surface area contributed by atoms with Gasteiger partial charge in [0.2, 0.25) is 5.95 Å². The molecule has 32 heavy (non-hydrogen) atoms. The zero-order chi connectivity index (χ0) is 22.8. The van der Waals surface area contributed by atoms with Gasteiger partial charge in [0.1, 0.15) is 17.9 Å². The van der Waals surface area contributed by atoms with Crippen LogP contribution in [-0.2, 0) is 0 Å². The Hall–Kier alpha value is -4.11. The molecule has 0 aliphatic rings. The van der Waals surface area contributed by atoms with Crippen LogP contribution in [0.4, 0.5) is 14.7 Å². The molecule has 3 N–H and O–H groups in total. The highest BCUT2D eigenvalue weighted by Crippen LogP contribution is 2.31. The molecule has 0 fully saturated rings. The average molecular weight is 436 g/mol. The topological polar surface area (TPSA) is 100 Å². The van der Waals surface area contributed by atoms with Crippen molar-refractivity contribution in [2.75, 3.05) is 11.9 Å². The minimum Gasteiger partial charge on any atom is -0.514 e. The zero-order valence-corrected chi connectivity index (χ0v) is 16.9. The highest BCUT2D eigenvalue weighted by atomic mass is 19.1. The second-order valence-electron chi connectivity index (χ2n) is 6.99. The highest BCUT2D eigenvalue weighted by molar-refractivity contribution is 5.93. The van der Waals surface area contributed by atoms with Gasteiger partial charge in [0, 0.05) is 17.0 Å². The van der Waals surface area contributed by atoms with Crippen LogP contribution in [0.5, 0.6) is 0 Å². The van der Waals surface area contributed by atoms with E-state index in [4.69, 9.17) is 0 Å². The Labute approximate surface area is 180 Å². The average Bonchev–Trinajstić information content (AvgIpc) is 2.78. The molecule has 4 aromatic rings. The van der Waals surface area contributed by atoms with Crippen molar-refractivity contribution in [2.45, 2.75) is 6.92 Å². The van der Waals surface area contributed by atoms with Crippen LogP contribution in [0.1, 0.15) is 5.56 Å². The van der Waals surface area contributed by atoms with E-state index < -0.39 is 23.8 Å². The van der Waals surface area contributed by atoms with Gasteiger partial charge in [0.05, 0.1) is 23.7 Å². The molecule has 0 aliphatic carbocycles. The predicted molar refractivity (Wildman–Crippen MR) is 117 cm³/mol. The van der Waals surface area contributed by atoms with Crippen LogP contribution >= 0.6 is 0 Å². The molecule has 0 saturated heterocycles. The maximum atomic E-state index is 14.6. The summed E-state index contributed by atoms with van der Waals surface area (Å²) in [5.74, 6) is -1.10. The van der Waals surface area contributed by atoms with Gasteiger partial charge >= 0.3 is 0 Å². The quantitative estimate of drug-likeness (QED) is 0.411. The van der Waals surface area contributed by atoms with Crippen molar-refractivity contribution in [3.05, 3.63) is 94.1 Å². The van der Waals surface area contributed by atoms with Gasteiger partial charge in [-0.3, -0.25) is 9.36 Å². The second kappa shape index (κ2) is 8.56. The van der Waals surface area contributed by atoms with Crippen LogP contribution in [0.3, 0.4) is 0 Å². The van der Waals surface area contributed by atoms with Gasteiger partial charge in [0.15, 0.2) is 5.65 Å². The number of aliphatic hydroxyl groups excluding tert-OH is 2. The molecule has 9 heteroatoms. The van der Waals surface area contributed by atoms with Crippen LogP contribution in [0.15, 0.2) is 71.4 Å². The first-order valence-electron chi connectivity index (χ1n) is 9.59. The van der Waals surface area contributed by atoms with E-state index in [0.717, 1.165) is 4.57 Å². The Kier molecular flexibility index (Phi) is 5.65. The fourth-order valence-corrected chi connectivity index (χ4v) is 3.39. The van der Waals surface area contributed by atoms with Gasteiger partial charge in [-0.1, -0.05) is 12.1 Å². The Balaban J connectivity index is 2.10. The Morgan fingerprint density at radius 1 is 1.12 bits per heavy atom. The molecule has 162 valence electrons. The molecule has 7 nitrogen and oxygen atoms in total. The Morgan fingerprint density at radius 3 is 2.59 bits per heavy atom. The summed E-state index contributed by atoms with van der Waals surface area (Å²) in [6.45, 7) is 1.18. The van der Waals surface area contributed by atoms with E-state index in [0.29, 0.717) is 28.5 Å². The summed E-state index contributed by atoms with van der Waals surface area (Å²) in [5.41, 5.74) is 1.08. The lowest BCUT2D eigenvalue weighted by Crippen LogP contribution is -2.20. The molecule has 2 aromatic carbocycles. The van der Waals surface area contributed by atoms with E-state index in [1.54, 1.807) is 19.1 Å². The number of aliphatic hydroxyl groups is 2. The van der Waals surface area contributed by atoms with Crippen molar-refractivity contribution in [2.24, 2.45) is 0 Å². The molecule has 2 aromatic heterocycles. The van der Waals surface area contributed by atoms with Gasteiger partial charge in [-0.15, -0.1) is 0 Å². The van der Waals surface area contributed by atoms with Crippen LogP contribution in [-0.4, -0.2) is 31.4 Å². The fourth-order valence-electron chi connectivity index (χ4n) is 3.39. The molecule has 0 aliphatic heterocycles. The summed E-state index contributed by atoms with van der Waals surface area (Å²) in [7, 11) is 0. The lowest BCUT2D eigenvalue weighted by atomic mass is 10.0. The predicted octanol–water partition coefficient (Wildman–Crippen LogP) is 3.84. The van der Waals surface area contributed by atoms with E-state index in [-0.39, 0.29) is 23.0 Å². The van der Waals surface area contributed by atoms with E-state index in [2.05, 4.69) is 15.3 Å². The smallest absolute Gasteiger partial charge is 0.256 e. The number of rotatable bonds is 5. The number of para-hydroxylation sites is 1. The van der Waals surface area contributed by atoms with Crippen molar-refractivity contribution >= 4 is 17.0 Å². The standard InChI is InChI=1S/C23H18F2N4O3/c1-13-10-14(24)6-7-16(13)21-17-8-9-20(32)29(19-5-3-2-4-18(19)25)22(17)28-23(27-21)26-15(11-30)12-31/h2-11,30-31H,12H2,1H3,(H,26,27,28)/b15-11+. The zero-order valence-electron chi connectivity index (χ0n) is 16.9. The SMILES string of the molecule is Cc1cc(F)ccc1-c1nc(N/C(=C/O)CO)nc2c1ccc(=O)n2-c1ccccc1F. The number of halogens is 2. The summed E-state index contributed by atoms with van der Waals surface area (Å²) in [4.78, 5) is 21.6. The van der Waals surface area contributed by atoms with Gasteiger partial charge in [-0.25, -0.2) is 13.8 Å². The Morgan fingerprint density at radius 2 is 1.91 bits per heavy atom. The first-order valence-corrected chi connectivity index (χ1v) is 9.59. The number of anilines is 1. The molecule has 0 atom stereocenters. The van der Waals surface area contributed by atoms with Crippen LogP contribution in [0, 0.1) is 18.6 Å². The number of fused-ring (bicyclic) bond motifs is 1. The fraction of sp³-hybridized carbons (Fsp3) is 0.0870. The molecule has 4 rings (SSSR count). The van der Waals surface area contributed by atoms with Gasteiger partial charge < -0.3 is 15.5 Å². The number of nitrogens with one attached hydrogen (secondary N) is 1. The molecular weight excluding hydrogens is 418 g/mol. The largest absolute Gasteiger partial charge is 0.514 e.